The van der Waals surface area contributed by atoms with Crippen LogP contribution >= 0.6 is 0 Å². The molecule has 0 aromatic heterocycles. The molecule has 1 saturated heterocycles. The van der Waals surface area contributed by atoms with Gasteiger partial charge in [-0.1, -0.05) is 88.6 Å². The Bertz CT molecular complexity index is 711. The van der Waals surface area contributed by atoms with Crippen molar-refractivity contribution >= 4 is 11.8 Å². The molecule has 3 aliphatic rings. The lowest BCUT2D eigenvalue weighted by Crippen LogP contribution is -2.49. The van der Waals surface area contributed by atoms with Crippen LogP contribution in [-0.2, 0) is 16.0 Å². The molecule has 1 unspecified atom stereocenters. The third-order valence-corrected chi connectivity index (χ3v) is 7.77. The summed E-state index contributed by atoms with van der Waals surface area (Å²) in [7, 11) is 0. The van der Waals surface area contributed by atoms with Crippen LogP contribution < -0.4 is 10.6 Å². The molecule has 0 radical (unpaired) electrons. The van der Waals surface area contributed by atoms with Crippen LogP contribution in [0.2, 0.25) is 0 Å². The van der Waals surface area contributed by atoms with Gasteiger partial charge in [-0.25, -0.2) is 0 Å². The van der Waals surface area contributed by atoms with Gasteiger partial charge in [0.2, 0.25) is 11.8 Å². The summed E-state index contributed by atoms with van der Waals surface area (Å²) in [5.41, 5.74) is 1.26. The smallest absolute Gasteiger partial charge is 0.242 e. The van der Waals surface area contributed by atoms with E-state index in [1.807, 2.05) is 18.2 Å². The molecule has 1 aromatic rings. The number of carbonyl (C=O) groups is 2. The molecule has 1 aromatic carbocycles. The second kappa shape index (κ2) is 15.2. The molecule has 0 spiro atoms. The normalized spacial score (nSPS) is 21.6. The van der Waals surface area contributed by atoms with E-state index in [0.29, 0.717) is 19.0 Å². The average Bonchev–Trinajstić information content (AvgIpc) is 3.38. The van der Waals surface area contributed by atoms with Crippen molar-refractivity contribution < 1.29 is 9.59 Å². The monoisotopic (exact) mass is 469 g/mol. The quantitative estimate of drug-likeness (QED) is 0.521. The topological polar surface area (TPSA) is 61.4 Å². The highest BCUT2D eigenvalue weighted by atomic mass is 16.2. The number of hydrogen-bond donors (Lipinski definition) is 2. The van der Waals surface area contributed by atoms with E-state index in [1.165, 1.54) is 69.8 Å². The summed E-state index contributed by atoms with van der Waals surface area (Å²) in [4.78, 5) is 26.9. The van der Waals surface area contributed by atoms with E-state index in [9.17, 15) is 9.59 Å². The summed E-state index contributed by atoms with van der Waals surface area (Å²) >= 11 is 0. The molecule has 5 nitrogen and oxygen atoms in total. The van der Waals surface area contributed by atoms with Gasteiger partial charge < -0.3 is 15.5 Å². The maximum Gasteiger partial charge on any atom is 0.242 e. The Morgan fingerprint density at radius 2 is 1.56 bits per heavy atom. The molecule has 2 amide bonds. The van der Waals surface area contributed by atoms with E-state index < -0.39 is 0 Å². The second-order valence-corrected chi connectivity index (χ2v) is 10.6. The van der Waals surface area contributed by atoms with Crippen LogP contribution in [-0.4, -0.2) is 48.9 Å². The van der Waals surface area contributed by atoms with Gasteiger partial charge in [0.1, 0.15) is 6.04 Å². The number of rotatable bonds is 8. The maximum absolute atomic E-state index is 12.6. The van der Waals surface area contributed by atoms with Crippen molar-refractivity contribution in [1.82, 2.24) is 15.5 Å². The highest BCUT2D eigenvalue weighted by Gasteiger charge is 2.33. The average molecular weight is 470 g/mol. The zero-order chi connectivity index (χ0) is 24.0. The predicted molar refractivity (Wildman–Crippen MR) is 140 cm³/mol. The fourth-order valence-corrected chi connectivity index (χ4v) is 5.57. The SMILES string of the molecule is CC1CCCCC1.O=C(NCC1CCCCC1)C1CCCN1C(=O)CNCCc1ccccc1. The molecule has 190 valence electrons. The summed E-state index contributed by atoms with van der Waals surface area (Å²) in [5.74, 6) is 1.73. The molecular formula is C29H47N3O2. The minimum Gasteiger partial charge on any atom is -0.354 e. The number of hydrogen-bond acceptors (Lipinski definition) is 3. The van der Waals surface area contributed by atoms with Crippen molar-refractivity contribution in [3.63, 3.8) is 0 Å². The van der Waals surface area contributed by atoms with E-state index in [2.05, 4.69) is 29.7 Å². The Morgan fingerprint density at radius 1 is 0.882 bits per heavy atom. The molecule has 2 saturated carbocycles. The number of carbonyl (C=O) groups excluding carboxylic acids is 2. The fraction of sp³-hybridized carbons (Fsp3) is 0.724. The number of nitrogens with one attached hydrogen (secondary N) is 2. The van der Waals surface area contributed by atoms with E-state index in [4.69, 9.17) is 0 Å². The molecule has 1 heterocycles. The van der Waals surface area contributed by atoms with Crippen molar-refractivity contribution in [3.05, 3.63) is 35.9 Å². The summed E-state index contributed by atoms with van der Waals surface area (Å²) < 4.78 is 0. The van der Waals surface area contributed by atoms with Crippen LogP contribution in [0.1, 0.15) is 89.5 Å². The Labute approximate surface area is 207 Å². The largest absolute Gasteiger partial charge is 0.354 e. The summed E-state index contributed by atoms with van der Waals surface area (Å²) in [6.07, 6.45) is 16.4. The highest BCUT2D eigenvalue weighted by Crippen LogP contribution is 2.24. The zero-order valence-corrected chi connectivity index (χ0v) is 21.4. The standard InChI is InChI=1S/C22H33N3O2.C7H14/c26-21(17-23-14-13-18-8-3-1-4-9-18)25-15-7-12-20(25)22(27)24-16-19-10-5-2-6-11-19;1-7-5-3-2-4-6-7/h1,3-4,8-9,19-20,23H,2,5-7,10-17H2,(H,24,27);7H,2-6H2,1H3. The first-order valence-electron chi connectivity index (χ1n) is 14.0. The van der Waals surface area contributed by atoms with Crippen LogP contribution in [0.25, 0.3) is 0 Å². The molecule has 3 fully saturated rings. The van der Waals surface area contributed by atoms with Crippen LogP contribution in [0.15, 0.2) is 30.3 Å². The lowest BCUT2D eigenvalue weighted by atomic mass is 9.89. The fourth-order valence-electron chi connectivity index (χ4n) is 5.57. The lowest BCUT2D eigenvalue weighted by molar-refractivity contribution is -0.137. The third-order valence-electron chi connectivity index (χ3n) is 7.77. The Hall–Kier alpha value is -1.88. The van der Waals surface area contributed by atoms with Gasteiger partial charge in [-0.15, -0.1) is 0 Å². The van der Waals surface area contributed by atoms with Gasteiger partial charge in [-0.05, 0) is 56.0 Å². The summed E-state index contributed by atoms with van der Waals surface area (Å²) in [5, 5.41) is 6.35. The van der Waals surface area contributed by atoms with Gasteiger partial charge in [-0.2, -0.15) is 0 Å². The second-order valence-electron chi connectivity index (χ2n) is 10.6. The number of benzene rings is 1. The zero-order valence-electron chi connectivity index (χ0n) is 21.4. The first-order chi connectivity index (χ1) is 16.6. The summed E-state index contributed by atoms with van der Waals surface area (Å²) in [6.45, 7) is 4.90. The first-order valence-corrected chi connectivity index (χ1v) is 14.0. The molecular weight excluding hydrogens is 422 g/mol. The maximum atomic E-state index is 12.6. The van der Waals surface area contributed by atoms with Crippen LogP contribution in [0.4, 0.5) is 0 Å². The van der Waals surface area contributed by atoms with Crippen molar-refractivity contribution in [2.24, 2.45) is 11.8 Å². The van der Waals surface area contributed by atoms with Crippen LogP contribution in [0, 0.1) is 11.8 Å². The van der Waals surface area contributed by atoms with Gasteiger partial charge in [0.25, 0.3) is 0 Å². The van der Waals surface area contributed by atoms with E-state index in [-0.39, 0.29) is 17.9 Å². The van der Waals surface area contributed by atoms with E-state index >= 15 is 0 Å². The number of likely N-dealkylation sites (tertiary alicyclic amines) is 1. The third kappa shape index (κ3) is 9.40. The van der Waals surface area contributed by atoms with Crippen LogP contribution in [0.5, 0.6) is 0 Å². The van der Waals surface area contributed by atoms with Crippen molar-refractivity contribution in [2.75, 3.05) is 26.2 Å². The molecule has 2 aliphatic carbocycles. The van der Waals surface area contributed by atoms with Crippen molar-refractivity contribution in [1.29, 1.82) is 0 Å². The minimum absolute atomic E-state index is 0.0377. The van der Waals surface area contributed by atoms with Gasteiger partial charge in [-0.3, -0.25) is 9.59 Å². The molecule has 5 heteroatoms. The Morgan fingerprint density at radius 3 is 2.21 bits per heavy atom. The highest BCUT2D eigenvalue weighted by molar-refractivity contribution is 5.88. The van der Waals surface area contributed by atoms with Gasteiger partial charge in [0.15, 0.2) is 0 Å². The molecule has 1 aliphatic heterocycles. The predicted octanol–water partition coefficient (Wildman–Crippen LogP) is 5.09. The number of amides is 2. The van der Waals surface area contributed by atoms with E-state index in [0.717, 1.165) is 38.3 Å². The summed E-state index contributed by atoms with van der Waals surface area (Å²) in [6, 6.07) is 9.97. The molecule has 2 N–H and O–H groups in total. The minimum atomic E-state index is -0.281. The molecule has 34 heavy (non-hydrogen) atoms. The van der Waals surface area contributed by atoms with E-state index in [1.54, 1.807) is 4.90 Å². The van der Waals surface area contributed by atoms with Gasteiger partial charge in [0.05, 0.1) is 6.54 Å². The van der Waals surface area contributed by atoms with Crippen molar-refractivity contribution in [2.45, 2.75) is 96.4 Å². The molecule has 1 atom stereocenters. The molecule has 0 bridgehead atoms. The lowest BCUT2D eigenvalue weighted by Gasteiger charge is -2.26. The van der Waals surface area contributed by atoms with Crippen molar-refractivity contribution in [3.8, 4) is 0 Å². The Kier molecular flexibility index (Phi) is 11.9. The van der Waals surface area contributed by atoms with Gasteiger partial charge >= 0.3 is 0 Å². The first kappa shape index (κ1) is 26.7. The number of nitrogens with zero attached hydrogens (tertiary/aromatic N) is 1. The van der Waals surface area contributed by atoms with Gasteiger partial charge in [0, 0.05) is 13.1 Å². The van der Waals surface area contributed by atoms with Crippen LogP contribution in [0.3, 0.4) is 0 Å². The molecule has 4 rings (SSSR count). The Balaban J connectivity index is 0.000000396.